The smallest absolute Gasteiger partial charge is 0.872 e. The Bertz CT molecular complexity index is 1690. The molecule has 0 aromatic heterocycles. The summed E-state index contributed by atoms with van der Waals surface area (Å²) in [4.78, 5) is 37.1. The standard InChI is InChI=1S/2C20H44N4O4.2C6H5NO3.2Cd.2ClHO4.2H2O/c2*1-17(25)13-21-5-7-22(14-18(2)26)9-11-24(16-20(4)28)12-10-23(8-6-21)15-19(3)27;2*8-6-3-1-5(2-4-6)7(9)10;;;2*2-1(3,4)5;;/h2*17-20,25-28H,5-16H2,1-4H3;2*1-4,8H;;;2*(H,2,3,4,5);2*1H2/q;;;;2*+2;;;;/p-4/t2*17-,18-,19-,20-;;;;;;;;/m00......../s1. The number of β-amino-alcohol motifs (C(OH)–C–C–N with tert-alkyl or cyclic N) is 8. The van der Waals surface area contributed by atoms with Gasteiger partial charge in [-0.3, -0.25) is 59.4 Å². The fraction of sp³-hybridized carbons (Fsp3) is 0.769. The predicted octanol–water partition coefficient (Wildman–Crippen LogP) is -12.4. The van der Waals surface area contributed by atoms with Crippen LogP contribution in [0.4, 0.5) is 11.4 Å². The summed E-state index contributed by atoms with van der Waals surface area (Å²) in [6, 6.07) is 9.39. The van der Waals surface area contributed by atoms with Crippen molar-refractivity contribution in [3.8, 4) is 11.5 Å². The molecule has 0 aliphatic carbocycles. The van der Waals surface area contributed by atoms with Gasteiger partial charge in [-0.05, 0) is 55.4 Å². The maximum Gasteiger partial charge on any atom is 2.00 e. The molecule has 34 nitrogen and oxygen atoms in total. The van der Waals surface area contributed by atoms with Crippen LogP contribution in [0.5, 0.6) is 11.5 Å². The topological polar surface area (TPSA) is 568 Å². The molecular weight excluding hydrogens is 1440 g/mol. The van der Waals surface area contributed by atoms with Crippen LogP contribution in [-0.4, -0.2) is 307 Å². The van der Waals surface area contributed by atoms with Crippen molar-refractivity contribution in [2.75, 3.05) is 157 Å². The molecule has 0 amide bonds. The average Bonchev–Trinajstić information content (AvgIpc) is 3.34. The molecule has 8 atom stereocenters. The summed E-state index contributed by atoms with van der Waals surface area (Å²) in [7, 11) is -9.89. The Morgan fingerprint density at radius 3 is 0.500 bits per heavy atom. The van der Waals surface area contributed by atoms with E-state index in [4.69, 9.17) is 37.3 Å². The molecule has 0 radical (unpaired) electrons. The summed E-state index contributed by atoms with van der Waals surface area (Å²) in [6.07, 6.45) is -3.08. The largest absolute Gasteiger partial charge is 2.00 e. The zero-order valence-electron chi connectivity index (χ0n) is 53.1. The summed E-state index contributed by atoms with van der Waals surface area (Å²) >= 11 is 0. The number of non-ortho nitro benzene ring substituents is 2. The van der Waals surface area contributed by atoms with E-state index in [2.05, 4.69) is 39.2 Å². The Hall–Kier alpha value is -1.78. The first kappa shape index (κ1) is 99.3. The Balaban J connectivity index is -0.000000262. The fourth-order valence-corrected chi connectivity index (χ4v) is 8.74. The second kappa shape index (κ2) is 55.4. The molecule has 38 heteroatoms. The summed E-state index contributed by atoms with van der Waals surface area (Å²) in [5, 5.41) is 120. The summed E-state index contributed by atoms with van der Waals surface area (Å²) in [5.41, 5.74) is -0.112. The SMILES string of the molecule is C[C@H](O)CN1CCN(C[C@H](C)O)CCN(C[C@H](C)O)CCN(C[C@H](C)O)CC1.C[C@H](O)CN1CCN(C[C@H](C)O)CCN(C[C@H](C)O)CCN(C[C@H](C)O)CC1.O.O.O=[N+]([O-])c1ccc([O-])cc1.O=[N+]([O-])c1ccc([O-])cc1.[Cd+2].[Cd+2].[O-][Cl+3]([O-])([O-])[O-].[O-][Cl+3]([O-])([O-])[O-]. The molecule has 4 rings (SSSR count). The first-order valence-corrected chi connectivity index (χ1v) is 30.5. The van der Waals surface area contributed by atoms with E-state index >= 15 is 0 Å². The molecule has 2 aliphatic rings. The third-order valence-electron chi connectivity index (χ3n) is 12.1. The number of nitrogens with zero attached hydrogens (tertiary/aromatic N) is 10. The van der Waals surface area contributed by atoms with E-state index in [-0.39, 0.29) is 137 Å². The minimum absolute atomic E-state index is 0. The minimum atomic E-state index is -4.94. The zero-order valence-corrected chi connectivity index (χ0v) is 62.7. The van der Waals surface area contributed by atoms with Gasteiger partial charge in [-0.25, -0.2) is 37.3 Å². The third-order valence-corrected chi connectivity index (χ3v) is 12.1. The molecule has 0 bridgehead atoms. The van der Waals surface area contributed by atoms with Crippen LogP contribution in [-0.2, 0) is 54.6 Å². The maximum absolute atomic E-state index is 10.4. The molecule has 2 aromatic carbocycles. The van der Waals surface area contributed by atoms with Gasteiger partial charge in [0.1, 0.15) is 0 Å². The van der Waals surface area contributed by atoms with Gasteiger partial charge in [0.05, 0.1) is 58.7 Å². The molecule has 520 valence electrons. The second-order valence-electron chi connectivity index (χ2n) is 21.5. The summed E-state index contributed by atoms with van der Waals surface area (Å²) in [5.74, 6) is -0.434. The third kappa shape index (κ3) is 64.9. The average molecular weight is 1550 g/mol. The molecule has 0 unspecified atom stereocenters. The summed E-state index contributed by atoms with van der Waals surface area (Å²) in [6.45, 7) is 32.8. The number of hydrogen-bond donors (Lipinski definition) is 8. The maximum atomic E-state index is 10.4. The Morgan fingerprint density at radius 2 is 0.422 bits per heavy atom. The molecule has 2 aromatic rings. The molecular formula is C52H100Cd2Cl2N10O24. The Kier molecular flexibility index (Phi) is 61.1. The molecule has 0 spiro atoms. The van der Waals surface area contributed by atoms with Crippen LogP contribution in [0.25, 0.3) is 0 Å². The van der Waals surface area contributed by atoms with Gasteiger partial charge in [0, 0.05) is 181 Å². The van der Waals surface area contributed by atoms with Gasteiger partial charge in [0.2, 0.25) is 0 Å². The zero-order chi connectivity index (χ0) is 66.3. The minimum Gasteiger partial charge on any atom is -0.872 e. The first-order valence-electron chi connectivity index (χ1n) is 28.0. The number of benzene rings is 2. The van der Waals surface area contributed by atoms with Crippen LogP contribution in [0.1, 0.15) is 55.4 Å². The van der Waals surface area contributed by atoms with E-state index in [0.717, 1.165) is 129 Å². The van der Waals surface area contributed by atoms with Crippen LogP contribution in [0.3, 0.4) is 0 Å². The van der Waals surface area contributed by atoms with Crippen molar-refractivity contribution in [3.63, 3.8) is 0 Å². The van der Waals surface area contributed by atoms with Crippen molar-refractivity contribution >= 4 is 11.4 Å². The molecule has 2 fully saturated rings. The van der Waals surface area contributed by atoms with E-state index in [0.29, 0.717) is 52.4 Å². The molecule has 2 saturated heterocycles. The number of nitro groups is 2. The fourth-order valence-electron chi connectivity index (χ4n) is 8.74. The molecule has 90 heavy (non-hydrogen) atoms. The van der Waals surface area contributed by atoms with Crippen molar-refractivity contribution in [1.29, 1.82) is 0 Å². The van der Waals surface area contributed by atoms with Crippen LogP contribution >= 0.6 is 0 Å². The van der Waals surface area contributed by atoms with Crippen LogP contribution in [0.2, 0.25) is 0 Å². The normalized spacial score (nSPS) is 18.8. The van der Waals surface area contributed by atoms with E-state index in [1.165, 1.54) is 24.3 Å². The Labute approximate surface area is 572 Å². The number of aliphatic hydroxyl groups is 8. The van der Waals surface area contributed by atoms with Crippen molar-refractivity contribution in [1.82, 2.24) is 39.2 Å². The van der Waals surface area contributed by atoms with E-state index < -0.39 is 30.3 Å². The van der Waals surface area contributed by atoms with Crippen LogP contribution in [0, 0.1) is 40.7 Å². The quantitative estimate of drug-likeness (QED) is 0.0390. The van der Waals surface area contributed by atoms with Crippen molar-refractivity contribution in [2.45, 2.75) is 104 Å². The van der Waals surface area contributed by atoms with Gasteiger partial charge in [-0.1, -0.05) is 24.3 Å². The molecule has 0 saturated carbocycles. The van der Waals surface area contributed by atoms with Gasteiger partial charge in [-0.2, -0.15) is 0 Å². The molecule has 2 aliphatic heterocycles. The molecule has 2 heterocycles. The first-order chi connectivity index (χ1) is 39.7. The van der Waals surface area contributed by atoms with Crippen LogP contribution < -0.4 is 47.5 Å². The van der Waals surface area contributed by atoms with Crippen molar-refractivity contribution in [2.24, 2.45) is 0 Å². The number of nitro benzene ring substituents is 2. The number of hydrogen-bond acceptors (Lipinski definition) is 30. The van der Waals surface area contributed by atoms with Gasteiger partial charge >= 0.3 is 54.6 Å². The number of rotatable bonds is 18. The van der Waals surface area contributed by atoms with Crippen molar-refractivity contribution < 1.29 is 184 Å². The number of aliphatic hydroxyl groups excluding tert-OH is 8. The van der Waals surface area contributed by atoms with Gasteiger partial charge in [0.15, 0.2) is 0 Å². The van der Waals surface area contributed by atoms with E-state index in [9.17, 15) is 71.3 Å². The Morgan fingerprint density at radius 1 is 0.322 bits per heavy atom. The van der Waals surface area contributed by atoms with Gasteiger partial charge < -0.3 is 62.0 Å². The van der Waals surface area contributed by atoms with Gasteiger partial charge in [-0.15, -0.1) is 32.0 Å². The predicted molar refractivity (Wildman–Crippen MR) is 297 cm³/mol. The van der Waals surface area contributed by atoms with Crippen LogP contribution in [0.15, 0.2) is 48.5 Å². The van der Waals surface area contributed by atoms with Gasteiger partial charge in [0.25, 0.3) is 11.4 Å². The second-order valence-corrected chi connectivity index (χ2v) is 23.0. The molecule has 12 N–H and O–H groups in total. The summed E-state index contributed by atoms with van der Waals surface area (Å²) < 4.78 is 67.9. The monoisotopic (exact) mass is 1550 g/mol. The van der Waals surface area contributed by atoms with E-state index in [1.807, 2.05) is 55.4 Å². The van der Waals surface area contributed by atoms with E-state index in [1.54, 1.807) is 0 Å². The van der Waals surface area contributed by atoms with Crippen molar-refractivity contribution in [3.05, 3.63) is 68.8 Å². The number of halogens is 2.